The Morgan fingerprint density at radius 3 is 2.65 bits per heavy atom. The van der Waals surface area contributed by atoms with E-state index in [1.807, 2.05) is 31.2 Å². The van der Waals surface area contributed by atoms with Gasteiger partial charge in [0.15, 0.2) is 0 Å². The van der Waals surface area contributed by atoms with Crippen LogP contribution in [0.5, 0.6) is 0 Å². The van der Waals surface area contributed by atoms with Gasteiger partial charge in [0, 0.05) is 12.1 Å². The zero-order chi connectivity index (χ0) is 18.9. The lowest BCUT2D eigenvalue weighted by Crippen LogP contribution is -2.15. The predicted octanol–water partition coefficient (Wildman–Crippen LogP) is 4.88. The summed E-state index contributed by atoms with van der Waals surface area (Å²) >= 11 is 7.29. The van der Waals surface area contributed by atoms with Crippen LogP contribution in [0.4, 0.5) is 15.8 Å². The zero-order valence-electron chi connectivity index (χ0n) is 14.4. The molecule has 2 N–H and O–H groups in total. The summed E-state index contributed by atoms with van der Waals surface area (Å²) in [5, 5.41) is 5.65. The third kappa shape index (κ3) is 7.06. The van der Waals surface area contributed by atoms with E-state index in [0.717, 1.165) is 17.3 Å². The Morgan fingerprint density at radius 1 is 1.12 bits per heavy atom. The Kier molecular flexibility index (Phi) is 7.94. The Hall–Kier alpha value is -2.05. The summed E-state index contributed by atoms with van der Waals surface area (Å²) in [7, 11) is 0. The van der Waals surface area contributed by atoms with Crippen molar-refractivity contribution in [3.63, 3.8) is 0 Å². The second kappa shape index (κ2) is 10.2. The number of benzene rings is 2. The van der Waals surface area contributed by atoms with Crippen LogP contribution >= 0.6 is 23.4 Å². The number of amides is 2. The molecular weight excluding hydrogens is 375 g/mol. The second-order valence-corrected chi connectivity index (χ2v) is 7.26. The van der Waals surface area contributed by atoms with Gasteiger partial charge in [-0.1, -0.05) is 23.7 Å². The van der Waals surface area contributed by atoms with Gasteiger partial charge < -0.3 is 10.6 Å². The number of rotatable bonds is 8. The van der Waals surface area contributed by atoms with Crippen LogP contribution in [0.2, 0.25) is 5.02 Å². The van der Waals surface area contributed by atoms with Crippen molar-refractivity contribution in [1.82, 2.24) is 0 Å². The first-order valence-electron chi connectivity index (χ1n) is 8.13. The molecule has 138 valence electrons. The smallest absolute Gasteiger partial charge is 0.234 e. The summed E-state index contributed by atoms with van der Waals surface area (Å²) in [5.41, 5.74) is 2.26. The summed E-state index contributed by atoms with van der Waals surface area (Å²) in [6.45, 7) is 1.97. The largest absolute Gasteiger partial charge is 0.326 e. The summed E-state index contributed by atoms with van der Waals surface area (Å²) in [5.74, 6) is 0.219. The summed E-state index contributed by atoms with van der Waals surface area (Å²) < 4.78 is 13.0. The molecule has 2 aromatic carbocycles. The van der Waals surface area contributed by atoms with Crippen molar-refractivity contribution >= 4 is 46.6 Å². The lowest BCUT2D eigenvalue weighted by atomic mass is 10.2. The van der Waals surface area contributed by atoms with Crippen molar-refractivity contribution in [1.29, 1.82) is 0 Å². The minimum absolute atomic E-state index is 0.0428. The van der Waals surface area contributed by atoms with Crippen LogP contribution in [0.25, 0.3) is 0 Å². The molecule has 0 heterocycles. The standard InChI is InChI=1S/C19H20ClFN2O2S/c1-13-4-2-5-15(10-13)22-18(24)6-3-9-26-12-19(25)23-17-8-7-14(21)11-16(17)20/h2,4-5,7-8,10-11H,3,6,9,12H2,1H3,(H,22,24)(H,23,25). The molecule has 0 saturated carbocycles. The van der Waals surface area contributed by atoms with E-state index in [9.17, 15) is 14.0 Å². The van der Waals surface area contributed by atoms with E-state index in [-0.39, 0.29) is 22.6 Å². The first-order valence-corrected chi connectivity index (χ1v) is 9.66. The zero-order valence-corrected chi connectivity index (χ0v) is 15.9. The van der Waals surface area contributed by atoms with E-state index in [1.54, 1.807) is 0 Å². The maximum Gasteiger partial charge on any atom is 0.234 e. The Labute approximate surface area is 161 Å². The maximum atomic E-state index is 13.0. The van der Waals surface area contributed by atoms with E-state index in [0.29, 0.717) is 24.3 Å². The third-order valence-corrected chi connectivity index (χ3v) is 4.79. The molecule has 7 heteroatoms. The number of halogens is 2. The molecule has 0 aliphatic heterocycles. The predicted molar refractivity (Wildman–Crippen MR) is 106 cm³/mol. The van der Waals surface area contributed by atoms with E-state index < -0.39 is 5.82 Å². The fourth-order valence-electron chi connectivity index (χ4n) is 2.22. The number of thioether (sulfide) groups is 1. The number of carbonyl (C=O) groups is 2. The number of nitrogens with one attached hydrogen (secondary N) is 2. The summed E-state index contributed by atoms with van der Waals surface area (Å²) in [6.07, 6.45) is 1.07. The average Bonchev–Trinajstić information content (AvgIpc) is 2.57. The third-order valence-electron chi connectivity index (χ3n) is 3.43. The van der Waals surface area contributed by atoms with Gasteiger partial charge >= 0.3 is 0 Å². The highest BCUT2D eigenvalue weighted by molar-refractivity contribution is 7.99. The monoisotopic (exact) mass is 394 g/mol. The van der Waals surface area contributed by atoms with E-state index >= 15 is 0 Å². The van der Waals surface area contributed by atoms with Crippen LogP contribution in [0.1, 0.15) is 18.4 Å². The van der Waals surface area contributed by atoms with Gasteiger partial charge in [-0.2, -0.15) is 11.8 Å². The topological polar surface area (TPSA) is 58.2 Å². The van der Waals surface area contributed by atoms with Crippen molar-refractivity contribution in [2.75, 3.05) is 22.1 Å². The fraction of sp³-hybridized carbons (Fsp3) is 0.263. The normalized spacial score (nSPS) is 10.4. The lowest BCUT2D eigenvalue weighted by molar-refractivity contribution is -0.116. The van der Waals surface area contributed by atoms with Gasteiger partial charge in [0.2, 0.25) is 11.8 Å². The Bertz CT molecular complexity index is 786. The minimum Gasteiger partial charge on any atom is -0.326 e. The highest BCUT2D eigenvalue weighted by Crippen LogP contribution is 2.22. The Balaban J connectivity index is 1.62. The molecule has 4 nitrogen and oxygen atoms in total. The highest BCUT2D eigenvalue weighted by Gasteiger charge is 2.08. The van der Waals surface area contributed by atoms with Gasteiger partial charge in [0.1, 0.15) is 5.82 Å². The van der Waals surface area contributed by atoms with Crippen molar-refractivity contribution in [2.45, 2.75) is 19.8 Å². The van der Waals surface area contributed by atoms with Crippen molar-refractivity contribution in [2.24, 2.45) is 0 Å². The fourth-order valence-corrected chi connectivity index (χ4v) is 3.19. The minimum atomic E-state index is -0.452. The molecule has 0 aliphatic rings. The summed E-state index contributed by atoms with van der Waals surface area (Å²) in [6, 6.07) is 11.4. The number of aryl methyl sites for hydroxylation is 1. The van der Waals surface area contributed by atoms with E-state index in [1.165, 1.54) is 23.9 Å². The molecule has 2 amide bonds. The number of hydrogen-bond acceptors (Lipinski definition) is 3. The van der Waals surface area contributed by atoms with Crippen LogP contribution in [-0.4, -0.2) is 23.3 Å². The maximum absolute atomic E-state index is 13.0. The van der Waals surface area contributed by atoms with E-state index in [2.05, 4.69) is 10.6 Å². The molecule has 2 rings (SSSR count). The molecule has 0 fully saturated rings. The number of anilines is 2. The van der Waals surface area contributed by atoms with Crippen LogP contribution in [0.15, 0.2) is 42.5 Å². The molecule has 0 bridgehead atoms. The Morgan fingerprint density at radius 2 is 1.92 bits per heavy atom. The van der Waals surface area contributed by atoms with Crippen molar-refractivity contribution < 1.29 is 14.0 Å². The molecule has 2 aromatic rings. The van der Waals surface area contributed by atoms with Gasteiger partial charge in [0.25, 0.3) is 0 Å². The van der Waals surface area contributed by atoms with Crippen LogP contribution in [0, 0.1) is 12.7 Å². The summed E-state index contributed by atoms with van der Waals surface area (Å²) in [4.78, 5) is 23.7. The van der Waals surface area contributed by atoms with Crippen LogP contribution < -0.4 is 10.6 Å². The average molecular weight is 395 g/mol. The first kappa shape index (κ1) is 20.3. The van der Waals surface area contributed by atoms with Gasteiger partial charge in [-0.25, -0.2) is 4.39 Å². The number of hydrogen-bond donors (Lipinski definition) is 2. The van der Waals surface area contributed by atoms with Crippen LogP contribution in [-0.2, 0) is 9.59 Å². The quantitative estimate of drug-likeness (QED) is 0.627. The van der Waals surface area contributed by atoms with Gasteiger partial charge in [-0.05, 0) is 55.0 Å². The van der Waals surface area contributed by atoms with Gasteiger partial charge in [-0.15, -0.1) is 0 Å². The first-order chi connectivity index (χ1) is 12.4. The van der Waals surface area contributed by atoms with Gasteiger partial charge in [0.05, 0.1) is 16.5 Å². The van der Waals surface area contributed by atoms with Crippen molar-refractivity contribution in [3.8, 4) is 0 Å². The SMILES string of the molecule is Cc1cccc(NC(=O)CCCSCC(=O)Nc2ccc(F)cc2Cl)c1. The van der Waals surface area contributed by atoms with E-state index in [4.69, 9.17) is 11.6 Å². The molecule has 0 radical (unpaired) electrons. The molecule has 0 spiro atoms. The molecule has 0 saturated heterocycles. The number of carbonyl (C=O) groups excluding carboxylic acids is 2. The molecule has 0 unspecified atom stereocenters. The molecule has 0 atom stereocenters. The van der Waals surface area contributed by atoms with Crippen molar-refractivity contribution in [3.05, 3.63) is 58.9 Å². The molecule has 26 heavy (non-hydrogen) atoms. The van der Waals surface area contributed by atoms with Gasteiger partial charge in [-0.3, -0.25) is 9.59 Å². The molecule has 0 aromatic heterocycles. The van der Waals surface area contributed by atoms with Crippen LogP contribution in [0.3, 0.4) is 0 Å². The second-order valence-electron chi connectivity index (χ2n) is 5.75. The molecular formula is C19H20ClFN2O2S. The lowest BCUT2D eigenvalue weighted by Gasteiger charge is -2.08. The highest BCUT2D eigenvalue weighted by atomic mass is 35.5. The molecule has 0 aliphatic carbocycles.